The molecule has 1 amide bonds. The fourth-order valence-corrected chi connectivity index (χ4v) is 9.74. The minimum atomic E-state index is -4.35. The molecule has 3 atom stereocenters. The second-order valence-electron chi connectivity index (χ2n) is 21.7. The monoisotopic (exact) mass is 982 g/mol. The summed E-state index contributed by atoms with van der Waals surface area (Å²) < 4.78 is 23.7. The minimum Gasteiger partial charge on any atom is -0.387 e. The Balaban J connectivity index is 4.14. The first-order chi connectivity index (χ1) is 33.0. The molecule has 0 fully saturated rings. The van der Waals surface area contributed by atoms with Gasteiger partial charge in [0.1, 0.15) is 13.2 Å². The van der Waals surface area contributed by atoms with E-state index in [0.29, 0.717) is 17.4 Å². The molecule has 0 aromatic heterocycles. The van der Waals surface area contributed by atoms with Gasteiger partial charge in [0.2, 0.25) is 5.91 Å². The van der Waals surface area contributed by atoms with Crippen molar-refractivity contribution >= 4 is 13.7 Å². The number of nitrogens with one attached hydrogen (secondary N) is 1. The zero-order valence-electron chi connectivity index (χ0n) is 46.1. The van der Waals surface area contributed by atoms with Crippen LogP contribution in [0.1, 0.15) is 296 Å². The lowest BCUT2D eigenvalue weighted by Gasteiger charge is -2.25. The van der Waals surface area contributed by atoms with Gasteiger partial charge in [-0.2, -0.15) is 0 Å². The van der Waals surface area contributed by atoms with Crippen LogP contribution in [0, 0.1) is 0 Å². The Morgan fingerprint density at radius 2 is 0.809 bits per heavy atom. The van der Waals surface area contributed by atoms with Gasteiger partial charge in [-0.15, -0.1) is 0 Å². The highest BCUT2D eigenvalue weighted by Crippen LogP contribution is 2.43. The van der Waals surface area contributed by atoms with Gasteiger partial charge in [-0.05, 0) is 32.1 Å². The molecule has 0 bridgehead atoms. The highest BCUT2D eigenvalue weighted by molar-refractivity contribution is 7.47. The molecule has 0 saturated heterocycles. The van der Waals surface area contributed by atoms with E-state index in [1.54, 1.807) is 6.08 Å². The van der Waals surface area contributed by atoms with Crippen LogP contribution in [0.15, 0.2) is 24.3 Å². The average molecular weight is 983 g/mol. The fraction of sp³-hybridized carbons (Fsp3) is 0.915. The lowest BCUT2D eigenvalue weighted by Crippen LogP contribution is -2.45. The summed E-state index contributed by atoms with van der Waals surface area (Å²) >= 11 is 0. The molecule has 0 heterocycles. The third-order valence-electron chi connectivity index (χ3n) is 13.7. The van der Waals surface area contributed by atoms with Gasteiger partial charge >= 0.3 is 7.82 Å². The molecule has 68 heavy (non-hydrogen) atoms. The highest BCUT2D eigenvalue weighted by atomic mass is 31.2. The zero-order chi connectivity index (χ0) is 49.9. The van der Waals surface area contributed by atoms with Crippen molar-refractivity contribution in [3.63, 3.8) is 0 Å². The molecule has 0 saturated carbocycles. The molecule has 0 aromatic rings. The number of nitrogens with zero attached hydrogens (tertiary/aromatic N) is 1. The van der Waals surface area contributed by atoms with Gasteiger partial charge in [0.25, 0.3) is 0 Å². The summed E-state index contributed by atoms with van der Waals surface area (Å²) in [5.74, 6) is -0.182. The molecule has 8 nitrogen and oxygen atoms in total. The summed E-state index contributed by atoms with van der Waals surface area (Å²) in [7, 11) is 1.57. The normalized spacial score (nSPS) is 14.0. The minimum absolute atomic E-state index is 0.0587. The molecule has 9 heteroatoms. The number of carbonyl (C=O) groups is 1. The number of rotatable bonds is 55. The topological polar surface area (TPSA) is 105 Å². The van der Waals surface area contributed by atoms with Gasteiger partial charge in [0, 0.05) is 6.42 Å². The number of allylic oxidation sites excluding steroid dienone is 3. The van der Waals surface area contributed by atoms with Crippen molar-refractivity contribution in [2.75, 3.05) is 40.9 Å². The summed E-state index contributed by atoms with van der Waals surface area (Å²) in [4.78, 5) is 23.3. The van der Waals surface area contributed by atoms with E-state index in [0.717, 1.165) is 38.5 Å². The maximum Gasteiger partial charge on any atom is 0.472 e. The van der Waals surface area contributed by atoms with Gasteiger partial charge in [0.15, 0.2) is 0 Å². The molecule has 0 aliphatic heterocycles. The fourth-order valence-electron chi connectivity index (χ4n) is 9.00. The average Bonchev–Trinajstić information content (AvgIpc) is 3.30. The van der Waals surface area contributed by atoms with Crippen molar-refractivity contribution in [3.8, 4) is 0 Å². The number of aliphatic hydroxyl groups is 1. The number of carbonyl (C=O) groups excluding carboxylic acids is 1. The Morgan fingerprint density at radius 1 is 0.485 bits per heavy atom. The molecule has 0 spiro atoms. The van der Waals surface area contributed by atoms with Crippen LogP contribution < -0.4 is 5.32 Å². The van der Waals surface area contributed by atoms with Crippen LogP contribution in [0.25, 0.3) is 0 Å². The van der Waals surface area contributed by atoms with Crippen molar-refractivity contribution in [3.05, 3.63) is 24.3 Å². The van der Waals surface area contributed by atoms with Crippen LogP contribution in [0.2, 0.25) is 0 Å². The van der Waals surface area contributed by atoms with Crippen LogP contribution in [-0.4, -0.2) is 73.4 Å². The third kappa shape index (κ3) is 52.8. The van der Waals surface area contributed by atoms with Crippen LogP contribution in [0.5, 0.6) is 0 Å². The summed E-state index contributed by atoms with van der Waals surface area (Å²) in [6.45, 7) is 4.84. The van der Waals surface area contributed by atoms with E-state index < -0.39 is 20.0 Å². The molecule has 0 radical (unpaired) electrons. The van der Waals surface area contributed by atoms with Crippen LogP contribution >= 0.6 is 7.82 Å². The smallest absolute Gasteiger partial charge is 0.387 e. The summed E-state index contributed by atoms with van der Waals surface area (Å²) in [5.41, 5.74) is 0. The Hall–Kier alpha value is -1.02. The maximum atomic E-state index is 12.9. The lowest BCUT2D eigenvalue weighted by atomic mass is 10.0. The Bertz CT molecular complexity index is 1160. The van der Waals surface area contributed by atoms with Gasteiger partial charge in [0.05, 0.1) is 39.9 Å². The predicted molar refractivity (Wildman–Crippen MR) is 295 cm³/mol. The van der Waals surface area contributed by atoms with Gasteiger partial charge in [-0.25, -0.2) is 4.57 Å². The van der Waals surface area contributed by atoms with Gasteiger partial charge in [-0.3, -0.25) is 13.8 Å². The van der Waals surface area contributed by atoms with Crippen molar-refractivity contribution < 1.29 is 32.9 Å². The number of likely N-dealkylation sites (N-methyl/N-ethyl adjacent to an activating group) is 1. The van der Waals surface area contributed by atoms with E-state index in [1.807, 2.05) is 27.2 Å². The molecular formula is C59H118N2O6P+. The quantitative estimate of drug-likeness (QED) is 0.0243. The molecule has 0 rings (SSSR count). The third-order valence-corrected chi connectivity index (χ3v) is 14.7. The standard InChI is InChI=1S/C59H117N2O6P/c1-6-8-10-12-14-16-18-20-22-24-25-26-27-28-29-30-31-32-33-34-35-36-37-38-40-42-44-46-48-50-52-58(62)57(56-67-68(64,65)66-55-54-61(3,4)5)60-59(63)53-51-49-47-45-43-41-39-23-21-19-17-15-13-11-9-7-2/h42,44,50,52,57-58,62H,6-41,43,45-49,51,53-56H2,1-5H3,(H-,60,63,64,65)/p+1/b44-42+,52-50+. The maximum absolute atomic E-state index is 12.9. The molecule has 0 aromatic carbocycles. The number of quaternary nitrogens is 1. The van der Waals surface area contributed by atoms with E-state index in [4.69, 9.17) is 9.05 Å². The summed E-state index contributed by atoms with van der Waals surface area (Å²) in [5, 5.41) is 13.9. The number of phosphoric acid groups is 1. The van der Waals surface area contributed by atoms with Crippen molar-refractivity contribution in [2.24, 2.45) is 0 Å². The highest BCUT2D eigenvalue weighted by Gasteiger charge is 2.27. The number of unbranched alkanes of at least 4 members (excludes halogenated alkanes) is 40. The van der Waals surface area contributed by atoms with Crippen LogP contribution in [0.3, 0.4) is 0 Å². The second kappa shape index (κ2) is 50.9. The van der Waals surface area contributed by atoms with E-state index in [-0.39, 0.29) is 19.1 Å². The summed E-state index contributed by atoms with van der Waals surface area (Å²) in [6.07, 6.45) is 64.4. The zero-order valence-corrected chi connectivity index (χ0v) is 47.0. The first-order valence-corrected chi connectivity index (χ1v) is 31.2. The lowest BCUT2D eigenvalue weighted by molar-refractivity contribution is -0.870. The van der Waals surface area contributed by atoms with E-state index in [9.17, 15) is 19.4 Å². The van der Waals surface area contributed by atoms with E-state index in [1.165, 1.54) is 238 Å². The first kappa shape index (κ1) is 67.0. The molecule has 404 valence electrons. The SMILES string of the molecule is CCCCCCCCCCCCCCCCCCCCCCCCCC/C=C/CC/C=C/C(O)C(COP(=O)(O)OCC[N+](C)(C)C)NC(=O)CCCCCCCCCCCCCCCCCC. The molecule has 3 unspecified atom stereocenters. The number of amides is 1. The van der Waals surface area contributed by atoms with Crippen molar-refractivity contribution in [1.29, 1.82) is 0 Å². The Kier molecular flexibility index (Phi) is 50.1. The van der Waals surface area contributed by atoms with E-state index >= 15 is 0 Å². The second-order valence-corrected chi connectivity index (χ2v) is 23.2. The largest absolute Gasteiger partial charge is 0.472 e. The van der Waals surface area contributed by atoms with Crippen LogP contribution in [0.4, 0.5) is 0 Å². The van der Waals surface area contributed by atoms with Crippen LogP contribution in [-0.2, 0) is 18.4 Å². The summed E-state index contributed by atoms with van der Waals surface area (Å²) in [6, 6.07) is -0.860. The number of hydrogen-bond acceptors (Lipinski definition) is 5. The molecular weight excluding hydrogens is 864 g/mol. The van der Waals surface area contributed by atoms with E-state index in [2.05, 4.69) is 31.3 Å². The van der Waals surface area contributed by atoms with Crippen molar-refractivity contribution in [1.82, 2.24) is 5.32 Å². The Morgan fingerprint density at radius 3 is 1.18 bits per heavy atom. The van der Waals surface area contributed by atoms with Crippen molar-refractivity contribution in [2.45, 2.75) is 309 Å². The number of phosphoric ester groups is 1. The molecule has 0 aliphatic rings. The molecule has 3 N–H and O–H groups in total. The Labute approximate surface area is 424 Å². The number of hydrogen-bond donors (Lipinski definition) is 3. The van der Waals surface area contributed by atoms with Gasteiger partial charge < -0.3 is 19.8 Å². The molecule has 0 aliphatic carbocycles. The predicted octanol–water partition coefficient (Wildman–Crippen LogP) is 18.0. The first-order valence-electron chi connectivity index (χ1n) is 29.7. The van der Waals surface area contributed by atoms with Gasteiger partial charge in [-0.1, -0.05) is 282 Å². The number of aliphatic hydroxyl groups excluding tert-OH is 1.